The predicted octanol–water partition coefficient (Wildman–Crippen LogP) is 2.28. The number of carbonyl (C=O) groups is 2. The number of aromatic nitrogens is 2. The van der Waals surface area contributed by atoms with Crippen molar-refractivity contribution in [2.75, 3.05) is 13.6 Å². The highest BCUT2D eigenvalue weighted by Crippen LogP contribution is 2.06. The number of nitrogens with one attached hydrogen (secondary N) is 1. The van der Waals surface area contributed by atoms with E-state index in [2.05, 4.69) is 22.2 Å². The Morgan fingerprint density at radius 2 is 2.08 bits per heavy atom. The first-order chi connectivity index (χ1) is 11.6. The van der Waals surface area contributed by atoms with E-state index in [1.165, 1.54) is 12.3 Å². The summed E-state index contributed by atoms with van der Waals surface area (Å²) in [6.45, 7) is 3.13. The van der Waals surface area contributed by atoms with Gasteiger partial charge in [-0.05, 0) is 30.2 Å². The molecule has 6 heteroatoms. The molecule has 0 atom stereocenters. The van der Waals surface area contributed by atoms with Crippen molar-refractivity contribution in [3.8, 4) is 0 Å². The SMILES string of the molecule is CCCCN(C)C(=O)c1cc(C(=O)NCc2cccnc2)ccn1. The Kier molecular flexibility index (Phi) is 6.42. The van der Waals surface area contributed by atoms with Gasteiger partial charge in [-0.15, -0.1) is 0 Å². The van der Waals surface area contributed by atoms with E-state index in [0.29, 0.717) is 18.7 Å². The molecule has 0 aliphatic carbocycles. The van der Waals surface area contributed by atoms with E-state index in [1.807, 2.05) is 12.1 Å². The molecule has 0 aromatic carbocycles. The van der Waals surface area contributed by atoms with E-state index in [-0.39, 0.29) is 17.5 Å². The monoisotopic (exact) mass is 326 g/mol. The Morgan fingerprint density at radius 1 is 1.25 bits per heavy atom. The lowest BCUT2D eigenvalue weighted by Crippen LogP contribution is -2.29. The quantitative estimate of drug-likeness (QED) is 0.847. The summed E-state index contributed by atoms with van der Waals surface area (Å²) in [5, 5.41) is 2.81. The van der Waals surface area contributed by atoms with E-state index in [0.717, 1.165) is 18.4 Å². The van der Waals surface area contributed by atoms with E-state index >= 15 is 0 Å². The van der Waals surface area contributed by atoms with Crippen molar-refractivity contribution in [2.45, 2.75) is 26.3 Å². The van der Waals surface area contributed by atoms with Gasteiger partial charge in [-0.3, -0.25) is 19.6 Å². The fraction of sp³-hybridized carbons (Fsp3) is 0.333. The fourth-order valence-corrected chi connectivity index (χ4v) is 2.17. The molecular weight excluding hydrogens is 304 g/mol. The second-order valence-electron chi connectivity index (χ2n) is 5.55. The van der Waals surface area contributed by atoms with Crippen molar-refractivity contribution in [2.24, 2.45) is 0 Å². The minimum Gasteiger partial charge on any atom is -0.348 e. The number of carbonyl (C=O) groups excluding carboxylic acids is 2. The summed E-state index contributed by atoms with van der Waals surface area (Å²) in [6, 6.07) is 6.83. The van der Waals surface area contributed by atoms with Crippen LogP contribution < -0.4 is 5.32 Å². The Labute approximate surface area is 141 Å². The molecule has 6 nitrogen and oxygen atoms in total. The molecule has 24 heavy (non-hydrogen) atoms. The van der Waals surface area contributed by atoms with Crippen LogP contribution in [0.2, 0.25) is 0 Å². The van der Waals surface area contributed by atoms with Crippen molar-refractivity contribution >= 4 is 11.8 Å². The van der Waals surface area contributed by atoms with Gasteiger partial charge in [0.15, 0.2) is 0 Å². The van der Waals surface area contributed by atoms with Crippen LogP contribution in [0.15, 0.2) is 42.9 Å². The summed E-state index contributed by atoms with van der Waals surface area (Å²) in [7, 11) is 1.74. The Bertz CT molecular complexity index is 688. The fourth-order valence-electron chi connectivity index (χ4n) is 2.17. The molecule has 0 radical (unpaired) electrons. The molecule has 2 aromatic rings. The van der Waals surface area contributed by atoms with Crippen molar-refractivity contribution in [1.29, 1.82) is 0 Å². The smallest absolute Gasteiger partial charge is 0.272 e. The van der Waals surface area contributed by atoms with E-state index in [1.54, 1.807) is 30.4 Å². The van der Waals surface area contributed by atoms with Gasteiger partial charge in [0.05, 0.1) is 0 Å². The molecule has 0 saturated carbocycles. The van der Waals surface area contributed by atoms with E-state index < -0.39 is 0 Å². The molecule has 0 unspecified atom stereocenters. The first-order valence-corrected chi connectivity index (χ1v) is 8.00. The molecule has 0 bridgehead atoms. The van der Waals surface area contributed by atoms with Crippen LogP contribution in [-0.2, 0) is 6.54 Å². The Balaban J connectivity index is 2.01. The lowest BCUT2D eigenvalue weighted by molar-refractivity contribution is 0.0787. The highest BCUT2D eigenvalue weighted by atomic mass is 16.2. The van der Waals surface area contributed by atoms with Crippen molar-refractivity contribution in [3.63, 3.8) is 0 Å². The average Bonchev–Trinajstić information content (AvgIpc) is 2.64. The van der Waals surface area contributed by atoms with Crippen molar-refractivity contribution in [3.05, 3.63) is 59.7 Å². The Hall–Kier alpha value is -2.76. The van der Waals surface area contributed by atoms with Crippen LogP contribution in [0, 0.1) is 0 Å². The highest BCUT2D eigenvalue weighted by molar-refractivity contribution is 5.98. The van der Waals surface area contributed by atoms with Crippen molar-refractivity contribution < 1.29 is 9.59 Å². The van der Waals surface area contributed by atoms with Crippen molar-refractivity contribution in [1.82, 2.24) is 20.2 Å². The number of pyridine rings is 2. The largest absolute Gasteiger partial charge is 0.348 e. The number of amides is 2. The van der Waals surface area contributed by atoms with Crippen LogP contribution in [0.4, 0.5) is 0 Å². The van der Waals surface area contributed by atoms with Gasteiger partial charge in [0.1, 0.15) is 5.69 Å². The minimum atomic E-state index is -0.244. The molecule has 0 saturated heterocycles. The zero-order valence-corrected chi connectivity index (χ0v) is 14.0. The molecule has 2 aromatic heterocycles. The van der Waals surface area contributed by atoms with Crippen LogP contribution in [-0.4, -0.2) is 40.3 Å². The lowest BCUT2D eigenvalue weighted by atomic mass is 10.2. The summed E-state index contributed by atoms with van der Waals surface area (Å²) in [6.07, 6.45) is 6.82. The number of hydrogen-bond donors (Lipinski definition) is 1. The maximum absolute atomic E-state index is 12.3. The maximum Gasteiger partial charge on any atom is 0.272 e. The summed E-state index contributed by atoms with van der Waals surface area (Å²) in [5.74, 6) is -0.420. The second kappa shape index (κ2) is 8.76. The third kappa shape index (κ3) is 4.87. The molecular formula is C18H22N4O2. The molecule has 2 heterocycles. The molecule has 2 amide bonds. The summed E-state index contributed by atoms with van der Waals surface area (Å²) in [4.78, 5) is 34.3. The number of rotatable bonds is 7. The Morgan fingerprint density at radius 3 is 2.79 bits per heavy atom. The third-order valence-electron chi connectivity index (χ3n) is 3.61. The molecule has 2 rings (SSSR count). The number of unbranched alkanes of at least 4 members (excludes halogenated alkanes) is 1. The summed E-state index contributed by atoms with van der Waals surface area (Å²) >= 11 is 0. The topological polar surface area (TPSA) is 75.2 Å². The van der Waals surface area contributed by atoms with Gasteiger partial charge >= 0.3 is 0 Å². The zero-order valence-electron chi connectivity index (χ0n) is 14.0. The van der Waals surface area contributed by atoms with Crippen LogP contribution in [0.1, 0.15) is 46.2 Å². The van der Waals surface area contributed by atoms with Crippen LogP contribution >= 0.6 is 0 Å². The number of nitrogens with zero attached hydrogens (tertiary/aromatic N) is 3. The van der Waals surface area contributed by atoms with Gasteiger partial charge in [-0.2, -0.15) is 0 Å². The number of hydrogen-bond acceptors (Lipinski definition) is 4. The highest BCUT2D eigenvalue weighted by Gasteiger charge is 2.15. The van der Waals surface area contributed by atoms with Gasteiger partial charge in [0, 0.05) is 44.3 Å². The van der Waals surface area contributed by atoms with Gasteiger partial charge in [-0.25, -0.2) is 0 Å². The van der Waals surface area contributed by atoms with Gasteiger partial charge < -0.3 is 10.2 Å². The first kappa shape index (κ1) is 17.6. The minimum absolute atomic E-state index is 0.176. The standard InChI is InChI=1S/C18H22N4O2/c1-3-4-10-22(2)18(24)16-11-15(7-9-20-16)17(23)21-13-14-6-5-8-19-12-14/h5-9,11-12H,3-4,10,13H2,1-2H3,(H,21,23). The maximum atomic E-state index is 12.3. The van der Waals surface area contributed by atoms with Crippen LogP contribution in [0.5, 0.6) is 0 Å². The van der Waals surface area contributed by atoms with E-state index in [9.17, 15) is 9.59 Å². The molecule has 0 aliphatic heterocycles. The summed E-state index contributed by atoms with van der Waals surface area (Å²) in [5.41, 5.74) is 1.61. The predicted molar refractivity (Wildman–Crippen MR) is 91.5 cm³/mol. The summed E-state index contributed by atoms with van der Waals surface area (Å²) < 4.78 is 0. The molecule has 126 valence electrons. The molecule has 0 spiro atoms. The van der Waals surface area contributed by atoms with Gasteiger partial charge in [0.2, 0.25) is 0 Å². The first-order valence-electron chi connectivity index (χ1n) is 8.00. The zero-order chi connectivity index (χ0) is 17.4. The average molecular weight is 326 g/mol. The van der Waals surface area contributed by atoms with Gasteiger partial charge in [-0.1, -0.05) is 19.4 Å². The molecule has 1 N–H and O–H groups in total. The van der Waals surface area contributed by atoms with Crippen LogP contribution in [0.3, 0.4) is 0 Å². The third-order valence-corrected chi connectivity index (χ3v) is 3.61. The second-order valence-corrected chi connectivity index (χ2v) is 5.55. The normalized spacial score (nSPS) is 10.2. The molecule has 0 fully saturated rings. The molecule has 0 aliphatic rings. The lowest BCUT2D eigenvalue weighted by Gasteiger charge is -2.16. The van der Waals surface area contributed by atoms with E-state index in [4.69, 9.17) is 0 Å². The van der Waals surface area contributed by atoms with Gasteiger partial charge in [0.25, 0.3) is 11.8 Å². The van der Waals surface area contributed by atoms with Crippen LogP contribution in [0.25, 0.3) is 0 Å².